The summed E-state index contributed by atoms with van der Waals surface area (Å²) in [6.45, 7) is 7.40. The Morgan fingerprint density at radius 2 is 0.705 bits per heavy atom. The molecule has 9 aromatic carbocycles. The van der Waals surface area contributed by atoms with Crippen molar-refractivity contribution in [3.8, 4) is 34.5 Å². The van der Waals surface area contributed by atoms with Crippen molar-refractivity contribution in [2.24, 2.45) is 0 Å². The number of thioether (sulfide) groups is 2. The number of fused-ring (bicyclic) bond motifs is 9. The SMILES string of the molecule is O=C(Oc1ccc(Cl)cc1)N1CCc2c([nH]c3ccc(Cl)cc23)C1c1ccc(OCC(O)CN2CCSCC2)cc1.O=C(Oc1ccc(F)cc1)N1CCc2c([nH]c3ccc(Cl)cc23)C1c1ccc(OCC(O)CN2CCSCC2)cc1.O=C(Oc1ccc(F)cc1)N1CCc2c([nH]c3ccc(Cl)cc23)C1c1ccc(OCC(O)Cn2ccnc2)cc1. The van der Waals surface area contributed by atoms with Gasteiger partial charge in [-0.3, -0.25) is 24.5 Å². The molecule has 632 valence electrons. The van der Waals surface area contributed by atoms with E-state index in [0.29, 0.717) is 102 Å². The number of benzene rings is 9. The van der Waals surface area contributed by atoms with Crippen LogP contribution in [0, 0.1) is 11.6 Å². The number of H-pyrrole nitrogens is 3. The number of hydrogen-bond acceptors (Lipinski definition) is 17. The van der Waals surface area contributed by atoms with Crippen molar-refractivity contribution < 1.29 is 66.9 Å². The van der Waals surface area contributed by atoms with Gasteiger partial charge >= 0.3 is 18.3 Å². The lowest BCUT2D eigenvalue weighted by molar-refractivity contribution is 0.0714. The van der Waals surface area contributed by atoms with Gasteiger partial charge in [-0.25, -0.2) is 28.1 Å². The molecule has 2 fully saturated rings. The second-order valence-corrected chi connectivity index (χ2v) is 34.5. The summed E-state index contributed by atoms with van der Waals surface area (Å²) in [5.74, 6) is 6.44. The molecule has 6 unspecified atom stereocenters. The molecule has 18 rings (SSSR count). The molecule has 0 saturated carbocycles. The number of rotatable bonds is 21. The number of aromatic nitrogens is 5. The monoisotopic (exact) mass is 1770 g/mol. The first kappa shape index (κ1) is 85.1. The fourth-order valence-electron chi connectivity index (χ4n) is 16.2. The molecule has 122 heavy (non-hydrogen) atoms. The van der Waals surface area contributed by atoms with Crippen LogP contribution in [0.15, 0.2) is 219 Å². The molecular weight excluding hydrogens is 1680 g/mol. The van der Waals surface area contributed by atoms with E-state index >= 15 is 0 Å². The number of imidazole rings is 1. The Bertz CT molecular complexity index is 5520. The molecule has 0 radical (unpaired) electrons. The summed E-state index contributed by atoms with van der Waals surface area (Å²) in [7, 11) is 0. The molecule has 22 nitrogen and oxygen atoms in total. The van der Waals surface area contributed by atoms with Crippen molar-refractivity contribution in [3.63, 3.8) is 0 Å². The van der Waals surface area contributed by atoms with E-state index in [1.54, 1.807) is 62.3 Å². The van der Waals surface area contributed by atoms with Crippen molar-refractivity contribution in [2.45, 2.75) is 62.2 Å². The molecule has 5 aliphatic rings. The molecule has 2 saturated heterocycles. The summed E-state index contributed by atoms with van der Waals surface area (Å²) >= 11 is 28.8. The summed E-state index contributed by atoms with van der Waals surface area (Å²) in [4.78, 5) is 64.5. The number of nitrogens with one attached hydrogen (secondary N) is 3. The predicted molar refractivity (Wildman–Crippen MR) is 473 cm³/mol. The summed E-state index contributed by atoms with van der Waals surface area (Å²) in [5.41, 5.74) is 11.5. The lowest BCUT2D eigenvalue weighted by Crippen LogP contribution is -2.42. The van der Waals surface area contributed by atoms with Gasteiger partial charge in [0.15, 0.2) is 0 Å². The first-order chi connectivity index (χ1) is 59.3. The van der Waals surface area contributed by atoms with Gasteiger partial charge < -0.3 is 63.3 Å². The average Bonchev–Trinajstić information content (AvgIpc) is 1.60. The average molecular weight is 1770 g/mol. The number of aliphatic hydroxyl groups excluding tert-OH is 3. The molecule has 0 aliphatic carbocycles. The second kappa shape index (κ2) is 39.4. The maximum atomic E-state index is 13.5. The highest BCUT2D eigenvalue weighted by Crippen LogP contribution is 2.45. The molecule has 5 aliphatic heterocycles. The Labute approximate surface area is 731 Å². The molecule has 0 bridgehead atoms. The van der Waals surface area contributed by atoms with E-state index in [1.807, 2.05) is 151 Å². The van der Waals surface area contributed by atoms with Gasteiger partial charge in [-0.1, -0.05) is 82.8 Å². The van der Waals surface area contributed by atoms with Crippen molar-refractivity contribution in [2.75, 3.05) is 102 Å². The Kier molecular flexibility index (Phi) is 27.5. The molecule has 13 aromatic rings. The summed E-state index contributed by atoms with van der Waals surface area (Å²) < 4.78 is 63.2. The van der Waals surface area contributed by atoms with Crippen molar-refractivity contribution in [1.82, 2.24) is 49.0 Å². The van der Waals surface area contributed by atoms with Crippen LogP contribution >= 0.6 is 69.9 Å². The summed E-state index contributed by atoms with van der Waals surface area (Å²) in [6, 6.07) is 56.1. The standard InChI is InChI=1S/C31H31Cl2N3O4S.C31H31ClFN3O4S.C30H26ClFN4O4/c32-21-3-8-25(9-4-21)40-31(38)36-12-11-26-27-17-22(33)5-10-28(27)34-29(26)30(36)20-1-6-24(7-2-20)39-19-23(37)18-35-13-15-41-16-14-35;32-21-3-10-28-27(17-21)26-11-12-36(31(38)40-25-8-4-22(33)5-9-25)30(29(26)34-28)20-1-6-24(7-2-20)39-19-23(37)18-35-13-15-41-16-14-35;31-20-3-10-27-26(15-20)25-11-13-36(30(38)40-24-8-4-21(32)5-9-24)29(28(25)34-27)19-1-6-23(7-2-19)39-17-22(37)16-35-14-12-33-18-35/h2*1-10,17,23,30,34,37H,11-16,18-19H2;1-10,12,14-15,18,22,29,34,37H,11,13,16-17H2. The molecule has 6 N–H and O–H groups in total. The maximum Gasteiger partial charge on any atom is 0.416 e. The van der Waals surface area contributed by atoms with Gasteiger partial charge in [0.2, 0.25) is 0 Å². The van der Waals surface area contributed by atoms with E-state index in [1.165, 1.54) is 48.5 Å². The van der Waals surface area contributed by atoms with Gasteiger partial charge in [-0.2, -0.15) is 23.5 Å². The third kappa shape index (κ3) is 20.7. The summed E-state index contributed by atoms with van der Waals surface area (Å²) in [6.07, 6.45) is 3.63. The topological polar surface area (TPSA) is 249 Å². The number of aliphatic hydroxyl groups is 3. The van der Waals surface area contributed by atoms with Gasteiger partial charge in [0, 0.05) is 164 Å². The van der Waals surface area contributed by atoms with Crippen LogP contribution < -0.4 is 28.4 Å². The third-order valence-electron chi connectivity index (χ3n) is 22.1. The number of β-amino-alcohol motifs (C(OH)–C–C–N with tert-alkyl or cyclic N) is 2. The van der Waals surface area contributed by atoms with Crippen molar-refractivity contribution >= 4 is 121 Å². The zero-order valence-corrected chi connectivity index (χ0v) is 70.8. The number of amides is 3. The predicted octanol–water partition coefficient (Wildman–Crippen LogP) is 18.0. The van der Waals surface area contributed by atoms with E-state index in [9.17, 15) is 38.5 Å². The van der Waals surface area contributed by atoms with E-state index in [-0.39, 0.29) is 31.3 Å². The highest BCUT2D eigenvalue weighted by molar-refractivity contribution is 7.99. The maximum absolute atomic E-state index is 13.5. The fourth-order valence-corrected chi connectivity index (χ4v) is 18.8. The van der Waals surface area contributed by atoms with Gasteiger partial charge in [0.05, 0.1) is 12.9 Å². The van der Waals surface area contributed by atoms with Crippen LogP contribution in [0.25, 0.3) is 32.7 Å². The fraction of sp³-hybridized carbons (Fsp3) is 0.283. The minimum atomic E-state index is -0.704. The third-order valence-corrected chi connectivity index (χ3v) is 24.9. The van der Waals surface area contributed by atoms with E-state index < -0.39 is 66.4 Å². The Hall–Kier alpha value is -10.5. The Balaban J connectivity index is 0.000000136. The Morgan fingerprint density at radius 1 is 0.402 bits per heavy atom. The highest BCUT2D eigenvalue weighted by atomic mass is 35.5. The molecule has 0 spiro atoms. The molecular formula is C92H88Cl4F2N10O12S2. The first-order valence-electron chi connectivity index (χ1n) is 40.2. The smallest absolute Gasteiger partial charge is 0.416 e. The number of halogens is 6. The molecule has 4 aromatic heterocycles. The molecule has 3 amide bonds. The van der Waals surface area contributed by atoms with E-state index in [2.05, 4.69) is 29.7 Å². The van der Waals surface area contributed by atoms with Crippen molar-refractivity contribution in [3.05, 3.63) is 301 Å². The normalized spacial score (nSPS) is 17.4. The van der Waals surface area contributed by atoms with Crippen LogP contribution in [-0.2, 0) is 25.8 Å². The number of ether oxygens (including phenoxy) is 6. The van der Waals surface area contributed by atoms with Gasteiger partial charge in [-0.15, -0.1) is 0 Å². The second-order valence-electron chi connectivity index (χ2n) is 30.3. The molecule has 30 heteroatoms. The lowest BCUT2D eigenvalue weighted by Gasteiger charge is -2.35. The van der Waals surface area contributed by atoms with Crippen LogP contribution in [0.4, 0.5) is 23.2 Å². The van der Waals surface area contributed by atoms with E-state index in [0.717, 1.165) is 132 Å². The van der Waals surface area contributed by atoms with Gasteiger partial charge in [-0.05, 0) is 216 Å². The van der Waals surface area contributed by atoms with Crippen LogP contribution in [0.1, 0.15) is 68.6 Å². The van der Waals surface area contributed by atoms with Crippen LogP contribution in [0.5, 0.6) is 34.5 Å². The molecule has 6 atom stereocenters. The lowest BCUT2D eigenvalue weighted by atomic mass is 9.92. The van der Waals surface area contributed by atoms with Crippen LogP contribution in [0.3, 0.4) is 0 Å². The van der Waals surface area contributed by atoms with Crippen LogP contribution in [0.2, 0.25) is 20.1 Å². The number of nitrogens with zero attached hydrogens (tertiary/aromatic N) is 7. The van der Waals surface area contributed by atoms with Crippen molar-refractivity contribution in [1.29, 1.82) is 0 Å². The number of carbonyl (C=O) groups excluding carboxylic acids is 3. The minimum absolute atomic E-state index is 0.115. The number of carbonyl (C=O) groups is 3. The van der Waals surface area contributed by atoms with E-state index in [4.69, 9.17) is 74.8 Å². The largest absolute Gasteiger partial charge is 0.491 e. The quantitative estimate of drug-likeness (QED) is 0.0391. The number of aromatic amines is 3. The van der Waals surface area contributed by atoms with Crippen LogP contribution in [-0.4, -0.2) is 203 Å². The highest BCUT2D eigenvalue weighted by Gasteiger charge is 2.40. The first-order valence-corrected chi connectivity index (χ1v) is 44.1. The summed E-state index contributed by atoms with van der Waals surface area (Å²) in [5, 5.41) is 36.9. The minimum Gasteiger partial charge on any atom is -0.491 e. The van der Waals surface area contributed by atoms with Gasteiger partial charge in [0.1, 0.15) is 102 Å². The zero-order valence-electron chi connectivity index (χ0n) is 66.1. The molecule has 9 heterocycles. The number of hydrogen-bond donors (Lipinski definition) is 6. The van der Waals surface area contributed by atoms with Gasteiger partial charge in [0.25, 0.3) is 0 Å². The Morgan fingerprint density at radius 3 is 1.02 bits per heavy atom. The zero-order chi connectivity index (χ0) is 84.3.